The van der Waals surface area contributed by atoms with Crippen LogP contribution in [0.5, 0.6) is 0 Å². The molecule has 2 heterocycles. The summed E-state index contributed by atoms with van der Waals surface area (Å²) in [5.41, 5.74) is 4.11. The summed E-state index contributed by atoms with van der Waals surface area (Å²) in [6.45, 7) is 1.64. The van der Waals surface area contributed by atoms with Gasteiger partial charge in [0, 0.05) is 25.7 Å². The van der Waals surface area contributed by atoms with Crippen molar-refractivity contribution in [2.24, 2.45) is 13.0 Å². The number of carbonyl (C=O) groups excluding carboxylic acids is 1. The second kappa shape index (κ2) is 6.27. The Hall–Kier alpha value is -2.36. The number of likely N-dealkylation sites (tertiary alicyclic amines) is 1. The first kappa shape index (κ1) is 15.2. The highest BCUT2D eigenvalue weighted by atomic mass is 16.2. The number of fused-ring (bicyclic) bond motifs is 1. The predicted molar refractivity (Wildman–Crippen MR) is 94.6 cm³/mol. The summed E-state index contributed by atoms with van der Waals surface area (Å²) in [4.78, 5) is 15.1. The summed E-state index contributed by atoms with van der Waals surface area (Å²) in [5, 5.41) is 4.34. The van der Waals surface area contributed by atoms with Gasteiger partial charge in [-0.3, -0.25) is 9.48 Å². The fourth-order valence-electron chi connectivity index (χ4n) is 4.01. The molecule has 1 aromatic heterocycles. The van der Waals surface area contributed by atoms with Gasteiger partial charge in [0.25, 0.3) is 5.91 Å². The van der Waals surface area contributed by atoms with Crippen LogP contribution in [0.4, 0.5) is 0 Å². The molecule has 124 valence electrons. The first-order chi connectivity index (χ1) is 11.7. The first-order valence-corrected chi connectivity index (χ1v) is 8.79. The zero-order valence-electron chi connectivity index (χ0n) is 14.1. The van der Waals surface area contributed by atoms with Crippen molar-refractivity contribution in [1.82, 2.24) is 14.7 Å². The van der Waals surface area contributed by atoms with E-state index < -0.39 is 0 Å². The van der Waals surface area contributed by atoms with Gasteiger partial charge in [-0.05, 0) is 31.6 Å². The molecule has 2 aliphatic rings. The number of hydrogen-bond donors (Lipinski definition) is 0. The summed E-state index contributed by atoms with van der Waals surface area (Å²) in [6.07, 6.45) is 8.91. The van der Waals surface area contributed by atoms with Gasteiger partial charge < -0.3 is 4.90 Å². The number of benzene rings is 1. The molecule has 0 radical (unpaired) electrons. The third-order valence-corrected chi connectivity index (χ3v) is 5.31. The molecule has 1 fully saturated rings. The van der Waals surface area contributed by atoms with E-state index in [0.717, 1.165) is 37.2 Å². The standard InChI is InChI=1S/C20H23N3O/c1-22-19(16-8-3-2-4-9-16)18(13-21-22)20(24)23-12-11-15-7-5-6-10-17(15)14-23/h2-4,8-10,13,15H,5-7,11-12,14H2,1H3. The number of carbonyl (C=O) groups is 1. The maximum absolute atomic E-state index is 13.1. The van der Waals surface area contributed by atoms with Crippen LogP contribution in [0, 0.1) is 5.92 Å². The molecule has 2 aromatic rings. The third-order valence-electron chi connectivity index (χ3n) is 5.31. The van der Waals surface area contributed by atoms with E-state index in [0.29, 0.717) is 11.5 Å². The van der Waals surface area contributed by atoms with Crippen LogP contribution in [0.1, 0.15) is 36.0 Å². The summed E-state index contributed by atoms with van der Waals surface area (Å²) >= 11 is 0. The summed E-state index contributed by atoms with van der Waals surface area (Å²) in [5.74, 6) is 0.803. The Morgan fingerprint density at radius 3 is 2.88 bits per heavy atom. The molecule has 0 spiro atoms. The van der Waals surface area contributed by atoms with Gasteiger partial charge in [-0.25, -0.2) is 0 Å². The molecular weight excluding hydrogens is 298 g/mol. The molecule has 0 N–H and O–H groups in total. The predicted octanol–water partition coefficient (Wildman–Crippen LogP) is 3.66. The van der Waals surface area contributed by atoms with Gasteiger partial charge in [0.1, 0.15) is 0 Å². The highest BCUT2D eigenvalue weighted by Crippen LogP contribution is 2.33. The maximum atomic E-state index is 13.1. The average molecular weight is 321 g/mol. The number of rotatable bonds is 2. The Morgan fingerprint density at radius 1 is 1.21 bits per heavy atom. The Kier molecular flexibility index (Phi) is 3.97. The van der Waals surface area contributed by atoms with Gasteiger partial charge in [-0.1, -0.05) is 42.0 Å². The number of hydrogen-bond acceptors (Lipinski definition) is 2. The molecule has 1 aliphatic carbocycles. The quantitative estimate of drug-likeness (QED) is 0.792. The van der Waals surface area contributed by atoms with E-state index in [2.05, 4.69) is 11.2 Å². The maximum Gasteiger partial charge on any atom is 0.257 e. The van der Waals surface area contributed by atoms with E-state index >= 15 is 0 Å². The highest BCUT2D eigenvalue weighted by molar-refractivity contribution is 6.00. The van der Waals surface area contributed by atoms with Crippen molar-refractivity contribution in [3.8, 4) is 11.3 Å². The van der Waals surface area contributed by atoms with Crippen LogP contribution in [-0.2, 0) is 7.05 Å². The summed E-state index contributed by atoms with van der Waals surface area (Å²) < 4.78 is 1.80. The molecule has 0 bridgehead atoms. The van der Waals surface area contributed by atoms with Crippen LogP contribution >= 0.6 is 0 Å². The Bertz CT molecular complexity index is 775. The minimum absolute atomic E-state index is 0.104. The molecule has 4 heteroatoms. The lowest BCUT2D eigenvalue weighted by Crippen LogP contribution is -2.40. The van der Waals surface area contributed by atoms with Crippen LogP contribution in [-0.4, -0.2) is 33.7 Å². The smallest absolute Gasteiger partial charge is 0.257 e. The molecule has 4 rings (SSSR count). The van der Waals surface area contributed by atoms with Gasteiger partial charge in [-0.15, -0.1) is 0 Å². The van der Waals surface area contributed by atoms with E-state index in [9.17, 15) is 4.79 Å². The molecule has 1 aromatic carbocycles. The monoisotopic (exact) mass is 321 g/mol. The van der Waals surface area contributed by atoms with Crippen molar-refractivity contribution >= 4 is 5.91 Å². The third kappa shape index (κ3) is 2.66. The number of amides is 1. The largest absolute Gasteiger partial charge is 0.335 e. The molecule has 1 aliphatic heterocycles. The minimum atomic E-state index is 0.104. The van der Waals surface area contributed by atoms with Gasteiger partial charge >= 0.3 is 0 Å². The molecule has 0 saturated carbocycles. The van der Waals surface area contributed by atoms with Crippen molar-refractivity contribution in [3.63, 3.8) is 0 Å². The normalized spacial score (nSPS) is 20.5. The molecule has 4 nitrogen and oxygen atoms in total. The van der Waals surface area contributed by atoms with Crippen molar-refractivity contribution in [3.05, 3.63) is 53.7 Å². The zero-order valence-corrected chi connectivity index (χ0v) is 14.1. The van der Waals surface area contributed by atoms with Gasteiger partial charge in [0.2, 0.25) is 0 Å². The van der Waals surface area contributed by atoms with Gasteiger partial charge in [0.05, 0.1) is 17.5 Å². The number of allylic oxidation sites excluding steroid dienone is 1. The lowest BCUT2D eigenvalue weighted by molar-refractivity contribution is 0.0731. The lowest BCUT2D eigenvalue weighted by atomic mass is 9.82. The molecular formula is C20H23N3O. The Morgan fingerprint density at radius 2 is 2.04 bits per heavy atom. The van der Waals surface area contributed by atoms with E-state index in [-0.39, 0.29) is 5.91 Å². The van der Waals surface area contributed by atoms with Crippen LogP contribution < -0.4 is 0 Å². The van der Waals surface area contributed by atoms with E-state index in [4.69, 9.17) is 0 Å². The summed E-state index contributed by atoms with van der Waals surface area (Å²) in [7, 11) is 1.90. The number of aryl methyl sites for hydroxylation is 1. The fourth-order valence-corrected chi connectivity index (χ4v) is 4.01. The van der Waals surface area contributed by atoms with Crippen molar-refractivity contribution in [1.29, 1.82) is 0 Å². The van der Waals surface area contributed by atoms with E-state index in [1.165, 1.54) is 18.4 Å². The number of aromatic nitrogens is 2. The fraction of sp³-hybridized carbons (Fsp3) is 0.400. The Balaban J connectivity index is 1.63. The van der Waals surface area contributed by atoms with Crippen LogP contribution in [0.3, 0.4) is 0 Å². The molecule has 1 atom stereocenters. The second-order valence-corrected chi connectivity index (χ2v) is 6.82. The van der Waals surface area contributed by atoms with Crippen molar-refractivity contribution in [2.45, 2.75) is 25.7 Å². The Labute approximate surface area is 142 Å². The van der Waals surface area contributed by atoms with E-state index in [1.54, 1.807) is 10.9 Å². The molecule has 1 amide bonds. The van der Waals surface area contributed by atoms with Crippen LogP contribution in [0.15, 0.2) is 48.2 Å². The van der Waals surface area contributed by atoms with Crippen LogP contribution in [0.2, 0.25) is 0 Å². The highest BCUT2D eigenvalue weighted by Gasteiger charge is 2.30. The first-order valence-electron chi connectivity index (χ1n) is 8.79. The van der Waals surface area contributed by atoms with Gasteiger partial charge in [0.15, 0.2) is 0 Å². The molecule has 1 unspecified atom stereocenters. The topological polar surface area (TPSA) is 38.1 Å². The van der Waals surface area contributed by atoms with Gasteiger partial charge in [-0.2, -0.15) is 5.10 Å². The van der Waals surface area contributed by atoms with Crippen molar-refractivity contribution < 1.29 is 4.79 Å². The lowest BCUT2D eigenvalue weighted by Gasteiger charge is -2.36. The SMILES string of the molecule is Cn1ncc(C(=O)N2CCC3CCCC=C3C2)c1-c1ccccc1. The second-order valence-electron chi connectivity index (χ2n) is 6.82. The number of nitrogens with zero attached hydrogens (tertiary/aromatic N) is 3. The van der Waals surface area contributed by atoms with E-state index in [1.807, 2.05) is 42.3 Å². The molecule has 24 heavy (non-hydrogen) atoms. The number of piperidine rings is 1. The zero-order chi connectivity index (χ0) is 16.5. The average Bonchev–Trinajstić information content (AvgIpc) is 3.03. The molecule has 1 saturated heterocycles. The van der Waals surface area contributed by atoms with Crippen molar-refractivity contribution in [2.75, 3.05) is 13.1 Å². The van der Waals surface area contributed by atoms with Crippen LogP contribution in [0.25, 0.3) is 11.3 Å². The summed E-state index contributed by atoms with van der Waals surface area (Å²) in [6, 6.07) is 10.0. The minimum Gasteiger partial charge on any atom is -0.335 e.